The largest absolute Gasteiger partial charge is 0.418 e. The highest BCUT2D eigenvalue weighted by molar-refractivity contribution is 9.12. The second-order valence-corrected chi connectivity index (χ2v) is 5.59. The van der Waals surface area contributed by atoms with Gasteiger partial charge in [-0.2, -0.15) is 13.2 Å². The van der Waals surface area contributed by atoms with E-state index in [1.54, 1.807) is 0 Å². The number of para-hydroxylation sites is 1. The number of fused-ring (bicyclic) bond motifs is 1. The quantitative estimate of drug-likeness (QED) is 0.838. The first kappa shape index (κ1) is 16.3. The van der Waals surface area contributed by atoms with Gasteiger partial charge in [-0.1, -0.05) is 12.1 Å². The summed E-state index contributed by atoms with van der Waals surface area (Å²) in [5, 5.41) is 2.41. The molecule has 0 saturated carbocycles. The van der Waals surface area contributed by atoms with Crippen molar-refractivity contribution in [3.8, 4) is 0 Å². The fourth-order valence-electron chi connectivity index (χ4n) is 2.21. The molecule has 24 heavy (non-hydrogen) atoms. The second kappa shape index (κ2) is 5.82. The van der Waals surface area contributed by atoms with Crippen molar-refractivity contribution in [1.82, 2.24) is 9.97 Å². The van der Waals surface area contributed by atoms with Crippen LogP contribution in [0.4, 0.5) is 18.9 Å². The Labute approximate surface area is 141 Å². The van der Waals surface area contributed by atoms with Crippen LogP contribution in [0.3, 0.4) is 0 Å². The summed E-state index contributed by atoms with van der Waals surface area (Å²) in [5.41, 5.74) is -1.75. The van der Waals surface area contributed by atoms with Gasteiger partial charge in [0.05, 0.1) is 21.3 Å². The lowest BCUT2D eigenvalue weighted by Crippen LogP contribution is -2.26. The van der Waals surface area contributed by atoms with Crippen LogP contribution in [0.15, 0.2) is 47.0 Å². The molecule has 5 nitrogen and oxygen atoms in total. The average molecular weight is 398 g/mol. The number of carbonyl (C=O) groups excluding carboxylic acids is 2. The number of benzene rings is 1. The van der Waals surface area contributed by atoms with Crippen molar-refractivity contribution in [2.45, 2.75) is 6.18 Å². The summed E-state index contributed by atoms with van der Waals surface area (Å²) in [5.74, 6) is -1.28. The van der Waals surface area contributed by atoms with E-state index in [1.165, 1.54) is 18.2 Å². The first-order chi connectivity index (χ1) is 11.3. The summed E-state index contributed by atoms with van der Waals surface area (Å²) in [7, 11) is 0. The lowest BCUT2D eigenvalue weighted by molar-refractivity contribution is -0.136. The summed E-state index contributed by atoms with van der Waals surface area (Å²) < 4.78 is 39.0. The monoisotopic (exact) mass is 397 g/mol. The number of hydrogen-bond donors (Lipinski definition) is 1. The lowest BCUT2D eigenvalue weighted by Gasteiger charge is -2.20. The number of Topliss-reactive ketones (excluding diaryl/α,β-unsaturated/α-hetero) is 2. The zero-order chi connectivity index (χ0) is 17.5. The van der Waals surface area contributed by atoms with Gasteiger partial charge in [0.2, 0.25) is 11.6 Å². The van der Waals surface area contributed by atoms with Gasteiger partial charge in [0.25, 0.3) is 0 Å². The number of halogens is 4. The van der Waals surface area contributed by atoms with Crippen molar-refractivity contribution in [1.29, 1.82) is 0 Å². The molecule has 1 N–H and O–H groups in total. The van der Waals surface area contributed by atoms with Crippen molar-refractivity contribution in [2.75, 3.05) is 5.32 Å². The average Bonchev–Trinajstić information content (AvgIpc) is 2.56. The van der Waals surface area contributed by atoms with Crippen LogP contribution in [0.5, 0.6) is 0 Å². The van der Waals surface area contributed by atoms with E-state index in [0.29, 0.717) is 0 Å². The number of anilines is 1. The highest BCUT2D eigenvalue weighted by Gasteiger charge is 2.36. The van der Waals surface area contributed by atoms with Crippen molar-refractivity contribution in [3.63, 3.8) is 0 Å². The van der Waals surface area contributed by atoms with E-state index in [2.05, 4.69) is 31.2 Å². The fraction of sp³-hybridized carbons (Fsp3) is 0.0667. The number of nitrogens with one attached hydrogen (secondary N) is 1. The number of ketones is 2. The third-order valence-corrected chi connectivity index (χ3v) is 4.07. The molecular weight excluding hydrogens is 391 g/mol. The van der Waals surface area contributed by atoms with Gasteiger partial charge >= 0.3 is 6.18 Å². The minimum atomic E-state index is -4.61. The normalized spacial score (nSPS) is 14.7. The SMILES string of the molecule is O=C1C(Nc2ccccc2C(F)(F)F)=C(Br)C(=O)c2ncncc21. The Bertz CT molecular complexity index is 894. The molecule has 2 aromatic rings. The molecule has 122 valence electrons. The zero-order valence-electron chi connectivity index (χ0n) is 11.7. The molecule has 1 aliphatic rings. The van der Waals surface area contributed by atoms with E-state index in [-0.39, 0.29) is 27.1 Å². The van der Waals surface area contributed by atoms with Crippen molar-refractivity contribution >= 4 is 33.2 Å². The Morgan fingerprint density at radius 3 is 2.50 bits per heavy atom. The van der Waals surface area contributed by atoms with Crippen LogP contribution in [-0.4, -0.2) is 21.5 Å². The Balaban J connectivity index is 2.08. The van der Waals surface area contributed by atoms with Gasteiger partial charge in [-0.3, -0.25) is 9.59 Å². The molecular formula is C15H7BrF3N3O2. The van der Waals surface area contributed by atoms with Gasteiger partial charge in [-0.05, 0) is 28.1 Å². The van der Waals surface area contributed by atoms with Crippen LogP contribution in [0, 0.1) is 0 Å². The molecule has 0 fully saturated rings. The fourth-order valence-corrected chi connectivity index (χ4v) is 2.68. The van der Waals surface area contributed by atoms with E-state index in [9.17, 15) is 22.8 Å². The Kier molecular flexibility index (Phi) is 3.96. The molecule has 1 aromatic carbocycles. The van der Waals surface area contributed by atoms with Crippen LogP contribution < -0.4 is 5.32 Å². The summed E-state index contributed by atoms with van der Waals surface area (Å²) in [4.78, 5) is 32.1. The first-order valence-electron chi connectivity index (χ1n) is 6.53. The van der Waals surface area contributed by atoms with Gasteiger partial charge in [0.15, 0.2) is 0 Å². The third kappa shape index (κ3) is 2.71. The smallest absolute Gasteiger partial charge is 0.351 e. The number of carbonyl (C=O) groups is 2. The van der Waals surface area contributed by atoms with Crippen LogP contribution in [0.1, 0.15) is 26.4 Å². The molecule has 9 heteroatoms. The molecule has 1 heterocycles. The van der Waals surface area contributed by atoms with Gasteiger partial charge in [0, 0.05) is 6.20 Å². The van der Waals surface area contributed by atoms with E-state index in [4.69, 9.17) is 0 Å². The maximum atomic E-state index is 13.1. The molecule has 0 radical (unpaired) electrons. The summed E-state index contributed by atoms with van der Waals surface area (Å²) >= 11 is 2.97. The Morgan fingerprint density at radius 2 is 1.79 bits per heavy atom. The predicted octanol–water partition coefficient (Wildman–Crippen LogP) is 3.59. The Morgan fingerprint density at radius 1 is 1.08 bits per heavy atom. The molecule has 0 spiro atoms. The van der Waals surface area contributed by atoms with Crippen molar-refractivity contribution in [3.05, 3.63) is 63.8 Å². The minimum Gasteiger partial charge on any atom is -0.351 e. The summed E-state index contributed by atoms with van der Waals surface area (Å²) in [6.45, 7) is 0. The number of rotatable bonds is 2. The van der Waals surface area contributed by atoms with E-state index in [1.807, 2.05) is 0 Å². The molecule has 3 rings (SSSR count). The van der Waals surface area contributed by atoms with Crippen LogP contribution in [-0.2, 0) is 6.18 Å². The van der Waals surface area contributed by atoms with Gasteiger partial charge < -0.3 is 5.32 Å². The Hall–Kier alpha value is -2.55. The topological polar surface area (TPSA) is 72.0 Å². The van der Waals surface area contributed by atoms with Gasteiger partial charge in [-0.25, -0.2) is 9.97 Å². The maximum Gasteiger partial charge on any atom is 0.418 e. The molecule has 0 amide bonds. The summed E-state index contributed by atoms with van der Waals surface area (Å²) in [6.07, 6.45) is -2.35. The lowest BCUT2D eigenvalue weighted by atomic mass is 9.98. The highest BCUT2D eigenvalue weighted by Crippen LogP contribution is 2.36. The van der Waals surface area contributed by atoms with E-state index < -0.39 is 23.3 Å². The number of nitrogens with zero attached hydrogens (tertiary/aromatic N) is 2. The molecule has 0 unspecified atom stereocenters. The highest BCUT2D eigenvalue weighted by atomic mass is 79.9. The molecule has 0 aliphatic heterocycles. The van der Waals surface area contributed by atoms with Gasteiger partial charge in [-0.15, -0.1) is 0 Å². The first-order valence-corrected chi connectivity index (χ1v) is 7.32. The van der Waals surface area contributed by atoms with Crippen LogP contribution in [0.25, 0.3) is 0 Å². The summed E-state index contributed by atoms with van der Waals surface area (Å²) in [6, 6.07) is 4.67. The van der Waals surface area contributed by atoms with Crippen molar-refractivity contribution in [2.24, 2.45) is 0 Å². The van der Waals surface area contributed by atoms with Crippen LogP contribution >= 0.6 is 15.9 Å². The van der Waals surface area contributed by atoms with E-state index in [0.717, 1.165) is 18.6 Å². The maximum absolute atomic E-state index is 13.1. The molecule has 0 atom stereocenters. The standard InChI is InChI=1S/C15H7BrF3N3O2/c16-10-12(13(23)7-5-20-6-21-11(7)14(10)24)22-9-4-2-1-3-8(9)15(17,18)19/h1-6,22H. The molecule has 1 aromatic heterocycles. The van der Waals surface area contributed by atoms with E-state index >= 15 is 0 Å². The zero-order valence-corrected chi connectivity index (χ0v) is 13.3. The second-order valence-electron chi connectivity index (χ2n) is 4.80. The molecule has 0 bridgehead atoms. The third-order valence-electron chi connectivity index (χ3n) is 3.31. The minimum absolute atomic E-state index is 0.0716. The number of alkyl halides is 3. The van der Waals surface area contributed by atoms with Crippen molar-refractivity contribution < 1.29 is 22.8 Å². The number of allylic oxidation sites excluding steroid dienone is 2. The number of hydrogen-bond acceptors (Lipinski definition) is 5. The van der Waals surface area contributed by atoms with Crippen LogP contribution in [0.2, 0.25) is 0 Å². The molecule has 0 saturated heterocycles. The van der Waals surface area contributed by atoms with Gasteiger partial charge in [0.1, 0.15) is 17.7 Å². The number of aromatic nitrogens is 2. The predicted molar refractivity (Wildman–Crippen MR) is 81.7 cm³/mol. The molecule has 1 aliphatic carbocycles.